The quantitative estimate of drug-likeness (QED) is 0.725. The van der Waals surface area contributed by atoms with E-state index in [4.69, 9.17) is 18.8 Å². The van der Waals surface area contributed by atoms with Crippen LogP contribution in [-0.4, -0.2) is 54.6 Å². The lowest BCUT2D eigenvalue weighted by molar-refractivity contribution is 0.000225. The van der Waals surface area contributed by atoms with Gasteiger partial charge in [-0.25, -0.2) is 4.79 Å². The number of benzene rings is 1. The van der Waals surface area contributed by atoms with Gasteiger partial charge in [0.1, 0.15) is 6.61 Å². The molecule has 0 radical (unpaired) electrons. The van der Waals surface area contributed by atoms with Gasteiger partial charge in [-0.05, 0) is 51.6 Å². The molecule has 0 unspecified atom stereocenters. The van der Waals surface area contributed by atoms with Crippen LogP contribution in [0.1, 0.15) is 46.1 Å². The van der Waals surface area contributed by atoms with E-state index < -0.39 is 23.9 Å². The highest BCUT2D eigenvalue weighted by molar-refractivity contribution is 6.55. The molecule has 0 aliphatic carbocycles. The maximum Gasteiger partial charge on any atom is 0.492 e. The molecule has 4 rings (SSSR count). The van der Waals surface area contributed by atoms with Crippen LogP contribution in [0.4, 0.5) is 4.79 Å². The molecule has 6 nitrogen and oxygen atoms in total. The Balaban J connectivity index is 1.53. The average Bonchev–Trinajstić information content (AvgIpc) is 3.14. The molecule has 2 saturated heterocycles. The zero-order valence-corrected chi connectivity index (χ0v) is 17.8. The van der Waals surface area contributed by atoms with Gasteiger partial charge in [0, 0.05) is 19.8 Å². The van der Waals surface area contributed by atoms with Crippen LogP contribution in [-0.2, 0) is 25.4 Å². The molecule has 3 aliphatic rings. The van der Waals surface area contributed by atoms with E-state index in [0.29, 0.717) is 32.6 Å². The second kappa shape index (κ2) is 7.45. The molecule has 156 valence electrons. The van der Waals surface area contributed by atoms with E-state index in [-0.39, 0.29) is 12.7 Å². The van der Waals surface area contributed by atoms with Crippen molar-refractivity contribution in [2.45, 2.75) is 63.9 Å². The summed E-state index contributed by atoms with van der Waals surface area (Å²) in [6.07, 6.45) is 3.20. The molecule has 1 aromatic rings. The van der Waals surface area contributed by atoms with Crippen molar-refractivity contribution in [3.05, 3.63) is 47.4 Å². The standard InChI is InChI=1S/C22H30BNO5/c1-20(2)21(3,4)29-23(28-20)18-10-13-24(22(18)11-14-26-15-12-22)19(25)27-16-17-8-6-5-7-9-17/h5-10H,11-16H2,1-4H3. The third-order valence-electron chi connectivity index (χ3n) is 6.80. The predicted octanol–water partition coefficient (Wildman–Crippen LogP) is 3.75. The second-order valence-electron chi connectivity index (χ2n) is 9.04. The summed E-state index contributed by atoms with van der Waals surface area (Å²) in [5, 5.41) is 0. The number of carbonyl (C=O) groups excluding carboxylic acids is 1. The normalized spacial score (nSPS) is 24.6. The van der Waals surface area contributed by atoms with E-state index in [9.17, 15) is 4.79 Å². The predicted molar refractivity (Wildman–Crippen MR) is 110 cm³/mol. The molecule has 7 heteroatoms. The van der Waals surface area contributed by atoms with Crippen LogP contribution >= 0.6 is 0 Å². The number of ether oxygens (including phenoxy) is 2. The van der Waals surface area contributed by atoms with E-state index >= 15 is 0 Å². The Morgan fingerprint density at radius 1 is 1.07 bits per heavy atom. The maximum absolute atomic E-state index is 13.1. The highest BCUT2D eigenvalue weighted by Crippen LogP contribution is 2.46. The van der Waals surface area contributed by atoms with Crippen molar-refractivity contribution >= 4 is 13.2 Å². The fourth-order valence-corrected chi connectivity index (χ4v) is 4.31. The van der Waals surface area contributed by atoms with Gasteiger partial charge < -0.3 is 18.8 Å². The monoisotopic (exact) mass is 399 g/mol. The van der Waals surface area contributed by atoms with Crippen molar-refractivity contribution in [2.75, 3.05) is 19.8 Å². The molecule has 3 heterocycles. The third kappa shape index (κ3) is 3.60. The summed E-state index contributed by atoms with van der Waals surface area (Å²) < 4.78 is 23.9. The lowest BCUT2D eigenvalue weighted by Gasteiger charge is -2.43. The van der Waals surface area contributed by atoms with E-state index in [0.717, 1.165) is 11.0 Å². The van der Waals surface area contributed by atoms with Crippen LogP contribution in [0.5, 0.6) is 0 Å². The molecule has 1 amide bonds. The van der Waals surface area contributed by atoms with Crippen molar-refractivity contribution in [1.82, 2.24) is 4.90 Å². The van der Waals surface area contributed by atoms with E-state index in [1.54, 1.807) is 0 Å². The van der Waals surface area contributed by atoms with Crippen molar-refractivity contribution in [2.24, 2.45) is 0 Å². The first-order valence-electron chi connectivity index (χ1n) is 10.4. The van der Waals surface area contributed by atoms with E-state index in [1.807, 2.05) is 62.9 Å². The number of hydrogen-bond donors (Lipinski definition) is 0. The van der Waals surface area contributed by atoms with Gasteiger partial charge >= 0.3 is 13.2 Å². The zero-order valence-electron chi connectivity index (χ0n) is 17.8. The van der Waals surface area contributed by atoms with Crippen molar-refractivity contribution < 1.29 is 23.6 Å². The highest BCUT2D eigenvalue weighted by atomic mass is 16.7. The van der Waals surface area contributed by atoms with Crippen LogP contribution in [0.3, 0.4) is 0 Å². The first kappa shape index (κ1) is 20.4. The summed E-state index contributed by atoms with van der Waals surface area (Å²) in [7, 11) is -0.468. The molecule has 1 spiro atoms. The van der Waals surface area contributed by atoms with Crippen molar-refractivity contribution in [3.8, 4) is 0 Å². The molecule has 29 heavy (non-hydrogen) atoms. The van der Waals surface area contributed by atoms with Gasteiger partial charge in [0.25, 0.3) is 0 Å². The zero-order chi connectivity index (χ0) is 20.7. The smallest absolute Gasteiger partial charge is 0.445 e. The SMILES string of the molecule is CC1(C)OB(C2=CCN(C(=O)OCc3ccccc3)C23CCOCC3)OC1(C)C. The van der Waals surface area contributed by atoms with Gasteiger partial charge in [-0.15, -0.1) is 0 Å². The molecule has 0 atom stereocenters. The molecule has 0 bridgehead atoms. The Labute approximate surface area is 173 Å². The third-order valence-corrected chi connectivity index (χ3v) is 6.80. The Morgan fingerprint density at radius 2 is 1.69 bits per heavy atom. The van der Waals surface area contributed by atoms with Gasteiger partial charge in [-0.2, -0.15) is 0 Å². The summed E-state index contributed by atoms with van der Waals surface area (Å²) in [6, 6.07) is 9.74. The number of hydrogen-bond acceptors (Lipinski definition) is 5. The largest absolute Gasteiger partial charge is 0.492 e. The number of rotatable bonds is 3. The fraction of sp³-hybridized carbons (Fsp3) is 0.591. The Hall–Kier alpha value is -1.83. The average molecular weight is 399 g/mol. The molecular formula is C22H30BNO5. The first-order valence-corrected chi connectivity index (χ1v) is 10.4. The molecule has 1 aromatic carbocycles. The number of nitrogens with zero attached hydrogens (tertiary/aromatic N) is 1. The molecule has 0 saturated carbocycles. The van der Waals surface area contributed by atoms with Crippen molar-refractivity contribution in [1.29, 1.82) is 0 Å². The topological polar surface area (TPSA) is 57.2 Å². The number of carbonyl (C=O) groups is 1. The first-order chi connectivity index (χ1) is 13.8. The van der Waals surface area contributed by atoms with Crippen LogP contribution in [0.15, 0.2) is 41.9 Å². The van der Waals surface area contributed by atoms with Crippen LogP contribution in [0, 0.1) is 0 Å². The molecule has 0 aromatic heterocycles. The van der Waals surface area contributed by atoms with Crippen LogP contribution in [0.2, 0.25) is 0 Å². The Bertz CT molecular complexity index is 770. The van der Waals surface area contributed by atoms with E-state index in [2.05, 4.69) is 6.08 Å². The number of amides is 1. The van der Waals surface area contributed by atoms with E-state index in [1.165, 1.54) is 0 Å². The molecular weight excluding hydrogens is 369 g/mol. The minimum atomic E-state index is -0.479. The van der Waals surface area contributed by atoms with Gasteiger partial charge in [-0.3, -0.25) is 4.90 Å². The van der Waals surface area contributed by atoms with Gasteiger partial charge in [0.15, 0.2) is 0 Å². The summed E-state index contributed by atoms with van der Waals surface area (Å²) in [5.41, 5.74) is 0.669. The Morgan fingerprint density at radius 3 is 2.31 bits per heavy atom. The van der Waals surface area contributed by atoms with Crippen LogP contribution < -0.4 is 0 Å². The lowest BCUT2D eigenvalue weighted by atomic mass is 9.64. The lowest BCUT2D eigenvalue weighted by Crippen LogP contribution is -2.55. The highest BCUT2D eigenvalue weighted by Gasteiger charge is 2.59. The van der Waals surface area contributed by atoms with Crippen molar-refractivity contribution in [3.63, 3.8) is 0 Å². The minimum absolute atomic E-state index is 0.259. The summed E-state index contributed by atoms with van der Waals surface area (Å²) in [5.74, 6) is 0. The van der Waals surface area contributed by atoms with Gasteiger partial charge in [0.05, 0.1) is 16.7 Å². The summed E-state index contributed by atoms with van der Waals surface area (Å²) in [6.45, 7) is 10.1. The molecule has 0 N–H and O–H groups in total. The molecule has 3 aliphatic heterocycles. The summed E-state index contributed by atoms with van der Waals surface area (Å²) >= 11 is 0. The second-order valence-corrected chi connectivity index (χ2v) is 9.04. The minimum Gasteiger partial charge on any atom is -0.445 e. The molecule has 2 fully saturated rings. The van der Waals surface area contributed by atoms with Gasteiger partial charge in [-0.1, -0.05) is 36.4 Å². The van der Waals surface area contributed by atoms with Crippen LogP contribution in [0.25, 0.3) is 0 Å². The maximum atomic E-state index is 13.1. The Kier molecular flexibility index (Phi) is 5.26. The van der Waals surface area contributed by atoms with Gasteiger partial charge in [0.2, 0.25) is 0 Å². The summed E-state index contributed by atoms with van der Waals surface area (Å²) in [4.78, 5) is 14.9. The fourth-order valence-electron chi connectivity index (χ4n) is 4.31.